The molecule has 3 N–H and O–H groups in total. The molecule has 2 fully saturated rings. The summed E-state index contributed by atoms with van der Waals surface area (Å²) < 4.78 is 55.1. The minimum absolute atomic E-state index is 0. The van der Waals surface area contributed by atoms with Crippen LogP contribution in [0.15, 0.2) is 34.1 Å². The van der Waals surface area contributed by atoms with E-state index in [1.165, 1.54) is 22.5 Å². The van der Waals surface area contributed by atoms with Crippen molar-refractivity contribution in [3.63, 3.8) is 0 Å². The maximum atomic E-state index is 12.8. The summed E-state index contributed by atoms with van der Waals surface area (Å²) in [6.07, 6.45) is 3.48. The van der Waals surface area contributed by atoms with Gasteiger partial charge < -0.3 is 5.73 Å². The van der Waals surface area contributed by atoms with Gasteiger partial charge in [0.05, 0.1) is 0 Å². The number of rotatable bonds is 7. The van der Waals surface area contributed by atoms with Gasteiger partial charge in [-0.05, 0) is 43.7 Å². The van der Waals surface area contributed by atoms with Crippen molar-refractivity contribution in [2.45, 2.75) is 41.5 Å². The van der Waals surface area contributed by atoms with Crippen molar-refractivity contribution >= 4 is 32.5 Å². The largest absolute Gasteiger partial charge is 0.329 e. The fourth-order valence-electron chi connectivity index (χ4n) is 3.05. The molecule has 0 spiro atoms. The van der Waals surface area contributed by atoms with Gasteiger partial charge in [0, 0.05) is 25.7 Å². The van der Waals surface area contributed by atoms with E-state index in [2.05, 4.69) is 4.72 Å². The summed E-state index contributed by atoms with van der Waals surface area (Å²) in [5, 5.41) is 0. The van der Waals surface area contributed by atoms with Gasteiger partial charge in [0.1, 0.15) is 9.79 Å². The molecule has 7 nitrogen and oxygen atoms in total. The van der Waals surface area contributed by atoms with Crippen LogP contribution in [-0.2, 0) is 20.0 Å². The summed E-state index contributed by atoms with van der Waals surface area (Å²) in [4.78, 5) is -0.359. The summed E-state index contributed by atoms with van der Waals surface area (Å²) >= 11 is 0. The zero-order chi connectivity index (χ0) is 17.4. The number of hydrogen-bond donors (Lipinski definition) is 2. The summed E-state index contributed by atoms with van der Waals surface area (Å²) in [5.74, 6) is 0.243. The Morgan fingerprint density at radius 1 is 1.08 bits per heavy atom. The fourth-order valence-corrected chi connectivity index (χ4v) is 6.69. The lowest BCUT2D eigenvalue weighted by atomic mass is 10.2. The van der Waals surface area contributed by atoms with Crippen molar-refractivity contribution in [3.05, 3.63) is 24.3 Å². The summed E-state index contributed by atoms with van der Waals surface area (Å²) in [7, 11) is -7.77. The van der Waals surface area contributed by atoms with E-state index in [0.29, 0.717) is 13.1 Å². The average molecular weight is 410 g/mol. The Labute approximate surface area is 155 Å². The Bertz CT molecular complexity index is 804. The number of hydrogen-bond acceptors (Lipinski definition) is 5. The second-order valence-corrected chi connectivity index (χ2v) is 9.95. The first-order valence-corrected chi connectivity index (χ1v) is 11.1. The van der Waals surface area contributed by atoms with Gasteiger partial charge >= 0.3 is 0 Å². The van der Waals surface area contributed by atoms with Gasteiger partial charge in [0.2, 0.25) is 20.0 Å². The highest BCUT2D eigenvalue weighted by molar-refractivity contribution is 7.92. The molecule has 10 heteroatoms. The molecule has 1 heterocycles. The number of benzene rings is 1. The van der Waals surface area contributed by atoms with Gasteiger partial charge in [-0.3, -0.25) is 0 Å². The number of nitrogens with one attached hydrogen (secondary N) is 1. The Morgan fingerprint density at radius 2 is 1.64 bits per heavy atom. The first-order chi connectivity index (χ1) is 11.4. The molecule has 0 aromatic heterocycles. The van der Waals surface area contributed by atoms with Gasteiger partial charge in [0.25, 0.3) is 0 Å². The first kappa shape index (κ1) is 20.6. The fraction of sp³-hybridized carbons (Fsp3) is 0.600. The standard InChI is InChI=1S/C15H23N3O4S2.ClH/c16-11-13(12-7-8-12)17-23(19,20)14-5-1-2-6-15(14)24(21,22)18-9-3-4-10-18;/h1-2,5-6,12-13,17H,3-4,7-11,16H2;1H. The molecule has 0 bridgehead atoms. The van der Waals surface area contributed by atoms with Gasteiger partial charge in [-0.25, -0.2) is 21.6 Å². The Balaban J connectivity index is 0.00000225. The molecule has 1 aromatic carbocycles. The molecular weight excluding hydrogens is 386 g/mol. The topological polar surface area (TPSA) is 110 Å². The lowest BCUT2D eigenvalue weighted by Gasteiger charge is -2.20. The molecule has 142 valence electrons. The van der Waals surface area contributed by atoms with Crippen LogP contribution in [0.3, 0.4) is 0 Å². The third-order valence-electron chi connectivity index (χ3n) is 4.57. The highest BCUT2D eigenvalue weighted by Gasteiger charge is 2.36. The maximum absolute atomic E-state index is 12.8. The van der Waals surface area contributed by atoms with Crippen LogP contribution in [0.5, 0.6) is 0 Å². The SMILES string of the molecule is Cl.NCC(NS(=O)(=O)c1ccccc1S(=O)(=O)N1CCCC1)C1CC1. The van der Waals surface area contributed by atoms with Crippen LogP contribution >= 0.6 is 12.4 Å². The number of nitrogens with zero attached hydrogens (tertiary/aromatic N) is 1. The third-order valence-corrected chi connectivity index (χ3v) is 8.21. The van der Waals surface area contributed by atoms with Gasteiger partial charge in [-0.15, -0.1) is 12.4 Å². The second-order valence-electron chi connectivity index (χ2n) is 6.36. The van der Waals surface area contributed by atoms with E-state index in [1.807, 2.05) is 0 Å². The second kappa shape index (κ2) is 7.89. The van der Waals surface area contributed by atoms with E-state index in [9.17, 15) is 16.8 Å². The molecule has 3 rings (SSSR count). The number of halogens is 1. The van der Waals surface area contributed by atoms with Crippen LogP contribution in [0.1, 0.15) is 25.7 Å². The quantitative estimate of drug-likeness (QED) is 0.695. The molecule has 1 aliphatic heterocycles. The summed E-state index contributed by atoms with van der Waals surface area (Å²) in [6, 6.07) is 5.43. The lowest BCUT2D eigenvalue weighted by molar-refractivity contribution is 0.474. The van der Waals surface area contributed by atoms with E-state index in [0.717, 1.165) is 25.7 Å². The van der Waals surface area contributed by atoms with Crippen LogP contribution in [0.25, 0.3) is 0 Å². The van der Waals surface area contributed by atoms with Crippen molar-refractivity contribution in [1.29, 1.82) is 0 Å². The van der Waals surface area contributed by atoms with Crippen molar-refractivity contribution in [2.24, 2.45) is 11.7 Å². The zero-order valence-electron chi connectivity index (χ0n) is 13.8. The van der Waals surface area contributed by atoms with Crippen LogP contribution in [0.4, 0.5) is 0 Å². The highest BCUT2D eigenvalue weighted by Crippen LogP contribution is 2.33. The van der Waals surface area contributed by atoms with E-state index in [4.69, 9.17) is 5.73 Å². The lowest BCUT2D eigenvalue weighted by Crippen LogP contribution is -2.42. The normalized spacial score (nSPS) is 20.2. The molecule has 0 amide bonds. The van der Waals surface area contributed by atoms with Gasteiger partial charge in [0.15, 0.2) is 0 Å². The minimum Gasteiger partial charge on any atom is -0.329 e. The van der Waals surface area contributed by atoms with Crippen molar-refractivity contribution in [2.75, 3.05) is 19.6 Å². The molecule has 1 atom stereocenters. The van der Waals surface area contributed by atoms with E-state index < -0.39 is 20.0 Å². The average Bonchev–Trinajstić information content (AvgIpc) is 3.25. The zero-order valence-corrected chi connectivity index (χ0v) is 16.2. The van der Waals surface area contributed by atoms with E-state index >= 15 is 0 Å². The predicted molar refractivity (Wildman–Crippen MR) is 97.6 cm³/mol. The van der Waals surface area contributed by atoms with E-state index in [-0.39, 0.29) is 40.7 Å². The number of nitrogens with two attached hydrogens (primary N) is 1. The predicted octanol–water partition coefficient (Wildman–Crippen LogP) is 0.908. The molecule has 1 saturated heterocycles. The van der Waals surface area contributed by atoms with Crippen LogP contribution in [0, 0.1) is 5.92 Å². The van der Waals surface area contributed by atoms with Crippen molar-refractivity contribution in [1.82, 2.24) is 9.03 Å². The molecule has 1 aromatic rings. The first-order valence-electron chi connectivity index (χ1n) is 8.18. The van der Waals surface area contributed by atoms with Crippen molar-refractivity contribution < 1.29 is 16.8 Å². The molecule has 1 unspecified atom stereocenters. The number of sulfonamides is 2. The molecular formula is C15H24ClN3O4S2. The van der Waals surface area contributed by atoms with Gasteiger partial charge in [-0.1, -0.05) is 12.1 Å². The van der Waals surface area contributed by atoms with Crippen LogP contribution in [0.2, 0.25) is 0 Å². The minimum atomic E-state index is -3.96. The van der Waals surface area contributed by atoms with Gasteiger partial charge in [-0.2, -0.15) is 4.31 Å². The molecule has 1 aliphatic carbocycles. The molecule has 25 heavy (non-hydrogen) atoms. The monoisotopic (exact) mass is 409 g/mol. The Hall–Kier alpha value is -0.710. The highest BCUT2D eigenvalue weighted by atomic mass is 35.5. The Morgan fingerprint density at radius 3 is 2.16 bits per heavy atom. The summed E-state index contributed by atoms with van der Waals surface area (Å²) in [5.41, 5.74) is 5.67. The molecule has 0 radical (unpaired) electrons. The third kappa shape index (κ3) is 4.35. The van der Waals surface area contributed by atoms with Crippen LogP contribution < -0.4 is 10.5 Å². The maximum Gasteiger partial charge on any atom is 0.244 e. The smallest absolute Gasteiger partial charge is 0.244 e. The van der Waals surface area contributed by atoms with Crippen LogP contribution in [-0.4, -0.2) is 46.8 Å². The van der Waals surface area contributed by atoms with Crippen molar-refractivity contribution in [3.8, 4) is 0 Å². The summed E-state index contributed by atoms with van der Waals surface area (Å²) in [6.45, 7) is 1.06. The van der Waals surface area contributed by atoms with E-state index in [1.54, 1.807) is 6.07 Å². The molecule has 2 aliphatic rings. The Kier molecular flexibility index (Phi) is 6.50. The molecule has 1 saturated carbocycles.